The second kappa shape index (κ2) is 8.10. The van der Waals surface area contributed by atoms with Crippen LogP contribution >= 0.6 is 0 Å². The summed E-state index contributed by atoms with van der Waals surface area (Å²) in [5.41, 5.74) is 3.95. The predicted molar refractivity (Wildman–Crippen MR) is 101 cm³/mol. The third-order valence-corrected chi connectivity index (χ3v) is 4.96. The van der Waals surface area contributed by atoms with Crippen LogP contribution in [0.1, 0.15) is 11.3 Å². The van der Waals surface area contributed by atoms with Crippen molar-refractivity contribution in [2.24, 2.45) is 0 Å². The zero-order chi connectivity index (χ0) is 18.6. The van der Waals surface area contributed by atoms with Gasteiger partial charge in [0.2, 0.25) is 0 Å². The van der Waals surface area contributed by atoms with E-state index in [0.29, 0.717) is 32.8 Å². The van der Waals surface area contributed by atoms with E-state index >= 15 is 0 Å². The first kappa shape index (κ1) is 18.0. The summed E-state index contributed by atoms with van der Waals surface area (Å²) in [7, 11) is 0. The van der Waals surface area contributed by atoms with Crippen molar-refractivity contribution in [3.63, 3.8) is 0 Å². The molecular formula is C20H24F2N4O. The molecule has 1 aromatic carbocycles. The molecule has 0 saturated carbocycles. The molecule has 0 bridgehead atoms. The maximum absolute atomic E-state index is 14.3. The number of aromatic nitrogens is 1. The summed E-state index contributed by atoms with van der Waals surface area (Å²) in [6.45, 7) is 4.04. The van der Waals surface area contributed by atoms with Crippen molar-refractivity contribution in [2.45, 2.75) is 13.0 Å². The highest BCUT2D eigenvalue weighted by Crippen LogP contribution is 2.30. The molecule has 144 valence electrons. The van der Waals surface area contributed by atoms with Gasteiger partial charge in [0.1, 0.15) is 11.6 Å². The third kappa shape index (κ3) is 4.14. The molecule has 27 heavy (non-hydrogen) atoms. The Hall–Kier alpha value is -2.38. The summed E-state index contributed by atoms with van der Waals surface area (Å²) in [5, 5.41) is 7.19. The zero-order valence-electron chi connectivity index (χ0n) is 15.2. The van der Waals surface area contributed by atoms with Crippen LogP contribution in [0.25, 0.3) is 10.9 Å². The summed E-state index contributed by atoms with van der Waals surface area (Å²) < 4.78 is 33.4. The molecule has 2 aliphatic heterocycles. The van der Waals surface area contributed by atoms with Crippen LogP contribution in [0, 0.1) is 5.82 Å². The monoisotopic (exact) mass is 374 g/mol. The number of halogens is 2. The van der Waals surface area contributed by atoms with Crippen LogP contribution in [-0.4, -0.2) is 49.3 Å². The highest BCUT2D eigenvalue weighted by molar-refractivity contribution is 5.85. The molecule has 3 N–H and O–H groups in total. The Bertz CT molecular complexity index is 874. The number of hydrogen-bond acceptors (Lipinski definition) is 4. The average molecular weight is 374 g/mol. The molecule has 3 heterocycles. The van der Waals surface area contributed by atoms with Gasteiger partial charge in [-0.05, 0) is 36.3 Å². The molecule has 4 rings (SSSR count). The first-order chi connectivity index (χ1) is 13.2. The Morgan fingerprint density at radius 1 is 1.11 bits per heavy atom. The van der Waals surface area contributed by atoms with Crippen molar-refractivity contribution in [3.05, 3.63) is 59.1 Å². The van der Waals surface area contributed by atoms with E-state index in [4.69, 9.17) is 4.74 Å². The van der Waals surface area contributed by atoms with Crippen LogP contribution < -0.4 is 10.6 Å². The smallest absolute Gasteiger partial charge is 0.123 e. The highest BCUT2D eigenvalue weighted by Gasteiger charge is 2.22. The van der Waals surface area contributed by atoms with Crippen molar-refractivity contribution >= 4 is 10.9 Å². The largest absolute Gasteiger partial charge is 0.387 e. The molecule has 0 atom stereocenters. The highest BCUT2D eigenvalue weighted by atomic mass is 19.1. The number of ether oxygens (including phenoxy) is 1. The van der Waals surface area contributed by atoms with Crippen molar-refractivity contribution in [3.8, 4) is 0 Å². The first-order valence-electron chi connectivity index (χ1n) is 9.33. The lowest BCUT2D eigenvalue weighted by molar-refractivity contribution is 0.140. The summed E-state index contributed by atoms with van der Waals surface area (Å²) in [4.78, 5) is 5.52. The molecule has 0 spiro atoms. The van der Waals surface area contributed by atoms with E-state index in [2.05, 4.69) is 20.5 Å². The Morgan fingerprint density at radius 2 is 2.00 bits per heavy atom. The van der Waals surface area contributed by atoms with Gasteiger partial charge in [-0.25, -0.2) is 8.78 Å². The Balaban J connectivity index is 1.58. The lowest BCUT2D eigenvalue weighted by atomic mass is 10.0. The minimum absolute atomic E-state index is 0.186. The van der Waals surface area contributed by atoms with Crippen LogP contribution in [0.2, 0.25) is 0 Å². The molecule has 2 aliphatic rings. The SMILES string of the molecule is F/C1=C/C(N2CCc3c([nH]c4ccc(F)cc34)C2)=C\NCCOCCNC1. The van der Waals surface area contributed by atoms with Gasteiger partial charge in [0.15, 0.2) is 0 Å². The Kier molecular flexibility index (Phi) is 5.40. The second-order valence-corrected chi connectivity index (χ2v) is 6.85. The fraction of sp³-hybridized carbons (Fsp3) is 0.400. The van der Waals surface area contributed by atoms with E-state index in [1.54, 1.807) is 18.2 Å². The number of rotatable bonds is 1. The van der Waals surface area contributed by atoms with E-state index in [1.165, 1.54) is 6.07 Å². The van der Waals surface area contributed by atoms with E-state index < -0.39 is 0 Å². The Labute approximate surface area is 157 Å². The van der Waals surface area contributed by atoms with Crippen molar-refractivity contribution in [1.82, 2.24) is 20.5 Å². The molecule has 1 aromatic heterocycles. The normalized spacial score (nSPS) is 23.3. The van der Waals surface area contributed by atoms with Gasteiger partial charge in [-0.2, -0.15) is 0 Å². The fourth-order valence-corrected chi connectivity index (χ4v) is 3.63. The molecule has 7 heteroatoms. The van der Waals surface area contributed by atoms with Crippen LogP contribution in [0.5, 0.6) is 0 Å². The predicted octanol–water partition coefficient (Wildman–Crippen LogP) is 2.57. The molecule has 0 amide bonds. The lowest BCUT2D eigenvalue weighted by Crippen LogP contribution is -2.31. The molecular weight excluding hydrogens is 350 g/mol. The van der Waals surface area contributed by atoms with Gasteiger partial charge in [-0.3, -0.25) is 0 Å². The summed E-state index contributed by atoms with van der Waals surface area (Å²) in [6.07, 6.45) is 4.21. The van der Waals surface area contributed by atoms with E-state index in [-0.39, 0.29) is 18.2 Å². The number of nitrogens with zero attached hydrogens (tertiary/aromatic N) is 1. The number of fused-ring (bicyclic) bond motifs is 3. The summed E-state index contributed by atoms with van der Waals surface area (Å²) in [5.74, 6) is -0.439. The minimum atomic E-state index is -0.224. The number of hydrogen-bond donors (Lipinski definition) is 3. The zero-order valence-corrected chi connectivity index (χ0v) is 15.2. The maximum Gasteiger partial charge on any atom is 0.123 e. The van der Waals surface area contributed by atoms with Crippen LogP contribution in [-0.2, 0) is 17.7 Å². The molecule has 0 radical (unpaired) electrons. The van der Waals surface area contributed by atoms with Crippen molar-refractivity contribution in [2.75, 3.05) is 39.4 Å². The van der Waals surface area contributed by atoms with E-state index in [1.807, 2.05) is 6.20 Å². The van der Waals surface area contributed by atoms with Gasteiger partial charge in [0.25, 0.3) is 0 Å². The Morgan fingerprint density at radius 3 is 2.93 bits per heavy atom. The number of allylic oxidation sites excluding steroid dienone is 1. The van der Waals surface area contributed by atoms with Gasteiger partial charge < -0.3 is 25.3 Å². The van der Waals surface area contributed by atoms with Gasteiger partial charge in [0.05, 0.1) is 25.5 Å². The summed E-state index contributed by atoms with van der Waals surface area (Å²) >= 11 is 0. The number of nitrogens with one attached hydrogen (secondary N) is 3. The molecule has 0 saturated heterocycles. The quantitative estimate of drug-likeness (QED) is 0.718. The van der Waals surface area contributed by atoms with Gasteiger partial charge in [-0.1, -0.05) is 0 Å². The van der Waals surface area contributed by atoms with Gasteiger partial charge in [0, 0.05) is 49.0 Å². The van der Waals surface area contributed by atoms with Gasteiger partial charge >= 0.3 is 0 Å². The minimum Gasteiger partial charge on any atom is -0.387 e. The molecule has 0 fully saturated rings. The number of H-pyrrole nitrogens is 1. The number of benzene rings is 1. The first-order valence-corrected chi connectivity index (χ1v) is 9.33. The number of aromatic amines is 1. The van der Waals surface area contributed by atoms with Crippen LogP contribution in [0.15, 0.2) is 42.0 Å². The average Bonchev–Trinajstić information content (AvgIpc) is 3.01. The van der Waals surface area contributed by atoms with Crippen molar-refractivity contribution in [1.29, 1.82) is 0 Å². The fourth-order valence-electron chi connectivity index (χ4n) is 3.63. The van der Waals surface area contributed by atoms with Gasteiger partial charge in [-0.15, -0.1) is 0 Å². The molecule has 2 aromatic rings. The second-order valence-electron chi connectivity index (χ2n) is 6.85. The van der Waals surface area contributed by atoms with E-state index in [0.717, 1.165) is 40.8 Å². The van der Waals surface area contributed by atoms with E-state index in [9.17, 15) is 8.78 Å². The van der Waals surface area contributed by atoms with Crippen LogP contribution in [0.3, 0.4) is 0 Å². The van der Waals surface area contributed by atoms with Crippen LogP contribution in [0.4, 0.5) is 8.78 Å². The third-order valence-electron chi connectivity index (χ3n) is 4.96. The topological polar surface area (TPSA) is 52.3 Å². The van der Waals surface area contributed by atoms with Crippen molar-refractivity contribution < 1.29 is 13.5 Å². The lowest BCUT2D eigenvalue weighted by Gasteiger charge is -2.30. The summed E-state index contributed by atoms with van der Waals surface area (Å²) in [6, 6.07) is 4.83. The molecule has 0 aliphatic carbocycles. The maximum atomic E-state index is 14.3. The molecule has 0 unspecified atom stereocenters. The molecule has 5 nitrogen and oxygen atoms in total. The standard InChI is InChI=1S/C20H24F2N4O/c21-14-1-2-19-18(10-14)17-3-6-26(13-20(17)25-19)16-9-15(22)11-23-4-7-27-8-5-24-12-16/h1-2,9-10,12,23-25H,3-8,11,13H2/b15-9+,16-12+.